The lowest BCUT2D eigenvalue weighted by Crippen LogP contribution is -2.39. The lowest BCUT2D eigenvalue weighted by molar-refractivity contribution is -0.133. The highest BCUT2D eigenvalue weighted by Gasteiger charge is 2.27. The van der Waals surface area contributed by atoms with Crippen molar-refractivity contribution in [1.82, 2.24) is 24.6 Å². The lowest BCUT2D eigenvalue weighted by atomic mass is 9.91. The summed E-state index contributed by atoms with van der Waals surface area (Å²) in [6, 6.07) is 5.69. The van der Waals surface area contributed by atoms with Crippen LogP contribution in [0.15, 0.2) is 30.9 Å². The van der Waals surface area contributed by atoms with Crippen LogP contribution in [0.25, 0.3) is 10.9 Å². The van der Waals surface area contributed by atoms with Crippen molar-refractivity contribution < 1.29 is 14.3 Å². The number of carbonyl (C=O) groups excluding carboxylic acids is 1. The third kappa shape index (κ3) is 4.26. The van der Waals surface area contributed by atoms with Gasteiger partial charge in [0, 0.05) is 36.9 Å². The molecule has 9 heteroatoms. The van der Waals surface area contributed by atoms with Gasteiger partial charge in [0.2, 0.25) is 5.91 Å². The van der Waals surface area contributed by atoms with Crippen molar-refractivity contribution in [3.05, 3.63) is 36.5 Å². The molecule has 1 fully saturated rings. The molecule has 3 heterocycles. The van der Waals surface area contributed by atoms with Gasteiger partial charge in [-0.2, -0.15) is 5.10 Å². The van der Waals surface area contributed by atoms with Gasteiger partial charge in [-0.15, -0.1) is 0 Å². The number of nitrogen functional groups attached to an aromatic ring is 1. The van der Waals surface area contributed by atoms with Crippen LogP contribution in [0, 0.1) is 0 Å². The standard InChI is InChI=1S/C22H28N6O3/c1-14(28-13-24-12-25-28)8-21(29)27-6-4-15(5-7-27)22-17(23)9-16-10-19(30-2)20(31-3)11-18(16)26-22/h9-15H,4-8,23H2,1-3H3. The van der Waals surface area contributed by atoms with Gasteiger partial charge in [0.25, 0.3) is 0 Å². The number of carbonyl (C=O) groups is 1. The minimum atomic E-state index is -0.0162. The number of nitrogens with zero attached hydrogens (tertiary/aromatic N) is 5. The number of aromatic nitrogens is 4. The zero-order valence-corrected chi connectivity index (χ0v) is 18.1. The number of hydrogen-bond acceptors (Lipinski definition) is 7. The molecule has 1 atom stereocenters. The zero-order valence-electron chi connectivity index (χ0n) is 18.1. The molecule has 0 radical (unpaired) electrons. The molecule has 1 saturated heterocycles. The quantitative estimate of drug-likeness (QED) is 0.648. The van der Waals surface area contributed by atoms with Gasteiger partial charge < -0.3 is 20.1 Å². The Labute approximate surface area is 181 Å². The second-order valence-corrected chi connectivity index (χ2v) is 7.95. The molecule has 0 spiro atoms. The maximum absolute atomic E-state index is 12.7. The molecule has 0 saturated carbocycles. The third-order valence-corrected chi connectivity index (χ3v) is 5.97. The molecule has 1 amide bonds. The van der Waals surface area contributed by atoms with Crippen LogP contribution in [0.1, 0.15) is 43.8 Å². The number of amides is 1. The largest absolute Gasteiger partial charge is 0.493 e. The summed E-state index contributed by atoms with van der Waals surface area (Å²) in [4.78, 5) is 23.4. The van der Waals surface area contributed by atoms with E-state index < -0.39 is 0 Å². The van der Waals surface area contributed by atoms with E-state index in [1.165, 1.54) is 6.33 Å². The van der Waals surface area contributed by atoms with Crippen molar-refractivity contribution in [3.8, 4) is 11.5 Å². The average molecular weight is 425 g/mol. The summed E-state index contributed by atoms with van der Waals surface area (Å²) in [7, 11) is 3.22. The number of rotatable bonds is 6. The minimum absolute atomic E-state index is 0.0162. The molecule has 3 aromatic rings. The fourth-order valence-corrected chi connectivity index (χ4v) is 4.18. The molecule has 31 heavy (non-hydrogen) atoms. The summed E-state index contributed by atoms with van der Waals surface area (Å²) in [5.41, 5.74) is 8.75. The monoisotopic (exact) mass is 424 g/mol. The SMILES string of the molecule is COc1cc2cc(N)c(C3CCN(C(=O)CC(C)n4cncn4)CC3)nc2cc1OC. The van der Waals surface area contributed by atoms with Crippen molar-refractivity contribution >= 4 is 22.5 Å². The molecule has 2 aromatic heterocycles. The van der Waals surface area contributed by atoms with Crippen LogP contribution in [-0.4, -0.2) is 57.9 Å². The Balaban J connectivity index is 1.45. The summed E-state index contributed by atoms with van der Waals surface area (Å²) in [5.74, 6) is 1.64. The van der Waals surface area contributed by atoms with Crippen molar-refractivity contribution in [2.24, 2.45) is 0 Å². The number of nitrogens with two attached hydrogens (primary N) is 1. The van der Waals surface area contributed by atoms with E-state index in [9.17, 15) is 4.79 Å². The van der Waals surface area contributed by atoms with E-state index in [-0.39, 0.29) is 17.9 Å². The van der Waals surface area contributed by atoms with E-state index >= 15 is 0 Å². The van der Waals surface area contributed by atoms with Gasteiger partial charge in [-0.05, 0) is 31.9 Å². The van der Waals surface area contributed by atoms with E-state index in [0.29, 0.717) is 36.7 Å². The number of likely N-dealkylation sites (tertiary alicyclic amines) is 1. The fraction of sp³-hybridized carbons (Fsp3) is 0.455. The zero-order chi connectivity index (χ0) is 22.0. The van der Waals surface area contributed by atoms with Gasteiger partial charge in [-0.3, -0.25) is 9.78 Å². The number of pyridine rings is 1. The molecule has 0 aliphatic carbocycles. The van der Waals surface area contributed by atoms with Crippen LogP contribution in [0.5, 0.6) is 11.5 Å². The Hall–Kier alpha value is -3.36. The second kappa shape index (κ2) is 8.79. The summed E-state index contributed by atoms with van der Waals surface area (Å²) in [6.07, 6.45) is 5.20. The van der Waals surface area contributed by atoms with Crippen molar-refractivity contribution in [2.45, 2.75) is 38.1 Å². The van der Waals surface area contributed by atoms with E-state index in [2.05, 4.69) is 10.1 Å². The first-order valence-electron chi connectivity index (χ1n) is 10.4. The molecule has 4 rings (SSSR count). The first-order chi connectivity index (χ1) is 15.0. The Kier molecular flexibility index (Phi) is 5.92. The van der Waals surface area contributed by atoms with Gasteiger partial charge >= 0.3 is 0 Å². The number of hydrogen-bond donors (Lipinski definition) is 1. The third-order valence-electron chi connectivity index (χ3n) is 5.97. The van der Waals surface area contributed by atoms with E-state index in [1.807, 2.05) is 30.0 Å². The highest BCUT2D eigenvalue weighted by molar-refractivity contribution is 5.86. The average Bonchev–Trinajstić information content (AvgIpc) is 3.33. The maximum atomic E-state index is 12.7. The molecule has 9 nitrogen and oxygen atoms in total. The molecule has 1 aromatic carbocycles. The molecule has 0 bridgehead atoms. The number of methoxy groups -OCH3 is 2. The van der Waals surface area contributed by atoms with Crippen LogP contribution in [0.3, 0.4) is 0 Å². The fourth-order valence-electron chi connectivity index (χ4n) is 4.18. The van der Waals surface area contributed by atoms with E-state index in [4.69, 9.17) is 20.2 Å². The summed E-state index contributed by atoms with van der Waals surface area (Å²) in [6.45, 7) is 3.36. The van der Waals surface area contributed by atoms with Crippen LogP contribution in [0.2, 0.25) is 0 Å². The number of fused-ring (bicyclic) bond motifs is 1. The van der Waals surface area contributed by atoms with E-state index in [1.54, 1.807) is 25.2 Å². The van der Waals surface area contributed by atoms with Crippen LogP contribution in [0.4, 0.5) is 5.69 Å². The smallest absolute Gasteiger partial charge is 0.224 e. The molecule has 1 unspecified atom stereocenters. The molecular weight excluding hydrogens is 396 g/mol. The van der Waals surface area contributed by atoms with Crippen LogP contribution >= 0.6 is 0 Å². The number of ether oxygens (including phenoxy) is 2. The Bertz CT molecular complexity index is 1060. The van der Waals surface area contributed by atoms with Crippen molar-refractivity contribution in [1.29, 1.82) is 0 Å². The van der Waals surface area contributed by atoms with Gasteiger partial charge in [0.1, 0.15) is 12.7 Å². The van der Waals surface area contributed by atoms with E-state index in [0.717, 1.165) is 29.4 Å². The normalized spacial score (nSPS) is 15.8. The van der Waals surface area contributed by atoms with Gasteiger partial charge in [-0.25, -0.2) is 9.67 Å². The predicted octanol–water partition coefficient (Wildman–Crippen LogP) is 2.78. The molecule has 2 N–H and O–H groups in total. The summed E-state index contributed by atoms with van der Waals surface area (Å²) in [5, 5.41) is 5.03. The molecule has 164 valence electrons. The summed E-state index contributed by atoms with van der Waals surface area (Å²) >= 11 is 0. The molecule has 1 aliphatic heterocycles. The van der Waals surface area contributed by atoms with Crippen LogP contribution < -0.4 is 15.2 Å². The highest BCUT2D eigenvalue weighted by Crippen LogP contribution is 2.36. The Morgan fingerprint density at radius 3 is 2.55 bits per heavy atom. The second-order valence-electron chi connectivity index (χ2n) is 7.95. The lowest BCUT2D eigenvalue weighted by Gasteiger charge is -2.33. The topological polar surface area (TPSA) is 108 Å². The number of piperidine rings is 1. The van der Waals surface area contributed by atoms with Crippen molar-refractivity contribution in [3.63, 3.8) is 0 Å². The molecular formula is C22H28N6O3. The van der Waals surface area contributed by atoms with Crippen molar-refractivity contribution in [2.75, 3.05) is 33.0 Å². The van der Waals surface area contributed by atoms with Gasteiger partial charge in [0.05, 0.1) is 37.2 Å². The highest BCUT2D eigenvalue weighted by atomic mass is 16.5. The first-order valence-corrected chi connectivity index (χ1v) is 10.4. The minimum Gasteiger partial charge on any atom is -0.493 e. The Morgan fingerprint density at radius 1 is 1.19 bits per heavy atom. The summed E-state index contributed by atoms with van der Waals surface area (Å²) < 4.78 is 12.5. The van der Waals surface area contributed by atoms with Crippen LogP contribution in [-0.2, 0) is 4.79 Å². The Morgan fingerprint density at radius 2 is 1.90 bits per heavy atom. The van der Waals surface area contributed by atoms with Gasteiger partial charge in [-0.1, -0.05) is 0 Å². The number of anilines is 1. The molecule has 1 aliphatic rings. The van der Waals surface area contributed by atoms with Gasteiger partial charge in [0.15, 0.2) is 11.5 Å². The first kappa shape index (κ1) is 20.9. The predicted molar refractivity (Wildman–Crippen MR) is 117 cm³/mol. The maximum Gasteiger partial charge on any atom is 0.224 e. The number of benzene rings is 1.